The first-order valence-corrected chi connectivity index (χ1v) is 9.56. The minimum absolute atomic E-state index is 0.583. The maximum atomic E-state index is 3.83. The molecule has 1 N–H and O–H groups in total. The predicted molar refractivity (Wildman–Crippen MR) is 88.4 cm³/mol. The molecule has 1 aliphatic heterocycles. The van der Waals surface area contributed by atoms with Gasteiger partial charge < -0.3 is 5.32 Å². The zero-order chi connectivity index (χ0) is 13.1. The van der Waals surface area contributed by atoms with Gasteiger partial charge in [-0.15, -0.1) is 0 Å². The van der Waals surface area contributed by atoms with Gasteiger partial charge in [-0.2, -0.15) is 23.5 Å². The lowest BCUT2D eigenvalue weighted by molar-refractivity contribution is 0.435. The van der Waals surface area contributed by atoms with Crippen molar-refractivity contribution >= 4 is 23.5 Å². The molecule has 0 aromatic heterocycles. The molecule has 1 nitrogen and oxygen atoms in total. The minimum atomic E-state index is 0.583. The fourth-order valence-electron chi connectivity index (χ4n) is 3.14. The average Bonchev–Trinajstić information content (AvgIpc) is 2.48. The van der Waals surface area contributed by atoms with Gasteiger partial charge in [0.25, 0.3) is 0 Å². The Morgan fingerprint density at radius 2 is 2.00 bits per heavy atom. The first-order chi connectivity index (χ1) is 9.34. The fourth-order valence-corrected chi connectivity index (χ4v) is 5.77. The molecule has 1 saturated heterocycles. The van der Waals surface area contributed by atoms with Gasteiger partial charge in [0.15, 0.2) is 0 Å². The third-order valence-corrected chi connectivity index (χ3v) is 7.11. The summed E-state index contributed by atoms with van der Waals surface area (Å²) in [4.78, 5) is 0. The predicted octanol–water partition coefficient (Wildman–Crippen LogP) is 4.06. The molecule has 1 aromatic rings. The molecule has 0 amide bonds. The van der Waals surface area contributed by atoms with Gasteiger partial charge in [-0.25, -0.2) is 0 Å². The molecule has 3 heteroatoms. The minimum Gasteiger partial charge on any atom is -0.309 e. The highest BCUT2D eigenvalue weighted by Crippen LogP contribution is 2.37. The summed E-state index contributed by atoms with van der Waals surface area (Å²) in [5.41, 5.74) is 3.12. The van der Waals surface area contributed by atoms with Gasteiger partial charge >= 0.3 is 0 Å². The lowest BCUT2D eigenvalue weighted by Gasteiger charge is -2.32. The van der Waals surface area contributed by atoms with E-state index in [1.807, 2.05) is 0 Å². The Morgan fingerprint density at radius 3 is 2.79 bits per heavy atom. The van der Waals surface area contributed by atoms with Crippen LogP contribution < -0.4 is 5.32 Å². The first-order valence-electron chi connectivity index (χ1n) is 7.36. The molecule has 19 heavy (non-hydrogen) atoms. The van der Waals surface area contributed by atoms with Crippen LogP contribution in [0.25, 0.3) is 0 Å². The smallest absolute Gasteiger partial charge is 0.0323 e. The highest BCUT2D eigenvalue weighted by molar-refractivity contribution is 8.06. The molecule has 104 valence electrons. The van der Waals surface area contributed by atoms with Crippen LogP contribution >= 0.6 is 23.5 Å². The molecule has 1 aliphatic carbocycles. The van der Waals surface area contributed by atoms with Crippen molar-refractivity contribution < 1.29 is 0 Å². The van der Waals surface area contributed by atoms with Crippen LogP contribution in [0.5, 0.6) is 0 Å². The average molecular weight is 294 g/mol. The van der Waals surface area contributed by atoms with Crippen molar-refractivity contribution in [3.63, 3.8) is 0 Å². The van der Waals surface area contributed by atoms with Gasteiger partial charge in [0.1, 0.15) is 0 Å². The van der Waals surface area contributed by atoms with Crippen molar-refractivity contribution in [2.24, 2.45) is 0 Å². The normalized spacial score (nSPS) is 30.9. The summed E-state index contributed by atoms with van der Waals surface area (Å²) >= 11 is 4.27. The molecule has 0 spiro atoms. The van der Waals surface area contributed by atoms with Crippen molar-refractivity contribution in [3.05, 3.63) is 35.4 Å². The second-order valence-corrected chi connectivity index (χ2v) is 8.19. The van der Waals surface area contributed by atoms with E-state index in [0.717, 1.165) is 11.2 Å². The highest BCUT2D eigenvalue weighted by atomic mass is 32.2. The topological polar surface area (TPSA) is 12.0 Å². The summed E-state index contributed by atoms with van der Waals surface area (Å²) in [7, 11) is 0. The largest absolute Gasteiger partial charge is 0.309 e. The highest BCUT2D eigenvalue weighted by Gasteiger charge is 2.25. The Morgan fingerprint density at radius 1 is 1.16 bits per heavy atom. The Labute approximate surface area is 125 Å². The van der Waals surface area contributed by atoms with Crippen molar-refractivity contribution in [2.45, 2.75) is 37.0 Å². The number of benzene rings is 1. The van der Waals surface area contributed by atoms with E-state index in [4.69, 9.17) is 0 Å². The zero-order valence-corrected chi connectivity index (χ0v) is 13.2. The fraction of sp³-hybridized carbons (Fsp3) is 0.625. The standard InChI is InChI=1S/C16H23NS2/c1-12-6-7-16(15-5-3-2-4-14(12)15)17-10-13-11-18-8-9-19-13/h2-5,12-13,16-17H,6-11H2,1H3. The van der Waals surface area contributed by atoms with E-state index >= 15 is 0 Å². The zero-order valence-electron chi connectivity index (χ0n) is 11.6. The van der Waals surface area contributed by atoms with Crippen molar-refractivity contribution in [1.82, 2.24) is 5.32 Å². The first kappa shape index (κ1) is 13.8. The van der Waals surface area contributed by atoms with Crippen LogP contribution in [0.15, 0.2) is 24.3 Å². The summed E-state index contributed by atoms with van der Waals surface area (Å²) in [5, 5.41) is 4.64. The van der Waals surface area contributed by atoms with Crippen LogP contribution in [0, 0.1) is 0 Å². The summed E-state index contributed by atoms with van der Waals surface area (Å²) in [6.07, 6.45) is 2.62. The molecule has 3 unspecified atom stereocenters. The van der Waals surface area contributed by atoms with E-state index in [2.05, 4.69) is 60.0 Å². The van der Waals surface area contributed by atoms with E-state index < -0.39 is 0 Å². The van der Waals surface area contributed by atoms with Crippen LogP contribution in [0.3, 0.4) is 0 Å². The van der Waals surface area contributed by atoms with E-state index in [9.17, 15) is 0 Å². The van der Waals surface area contributed by atoms with Gasteiger partial charge in [-0.05, 0) is 29.9 Å². The van der Waals surface area contributed by atoms with Gasteiger partial charge in [-0.1, -0.05) is 31.2 Å². The monoisotopic (exact) mass is 293 g/mol. The number of thioether (sulfide) groups is 2. The number of hydrogen-bond acceptors (Lipinski definition) is 3. The maximum absolute atomic E-state index is 3.83. The number of rotatable bonds is 3. The molecule has 1 fully saturated rings. The third kappa shape index (κ3) is 3.32. The van der Waals surface area contributed by atoms with Gasteiger partial charge in [0, 0.05) is 35.1 Å². The molecular weight excluding hydrogens is 270 g/mol. The Hall–Kier alpha value is -0.120. The van der Waals surface area contributed by atoms with Crippen molar-refractivity contribution in [1.29, 1.82) is 0 Å². The lowest BCUT2D eigenvalue weighted by Crippen LogP contribution is -2.33. The molecule has 1 heterocycles. The third-order valence-electron chi connectivity index (χ3n) is 4.27. The summed E-state index contributed by atoms with van der Waals surface area (Å²) in [5.74, 6) is 4.72. The number of hydrogen-bond donors (Lipinski definition) is 1. The molecule has 3 rings (SSSR count). The Kier molecular flexibility index (Phi) is 4.78. The van der Waals surface area contributed by atoms with Crippen LogP contribution in [-0.2, 0) is 0 Å². The molecule has 1 aromatic carbocycles. The van der Waals surface area contributed by atoms with E-state index in [0.29, 0.717) is 6.04 Å². The van der Waals surface area contributed by atoms with Gasteiger partial charge in [0.2, 0.25) is 0 Å². The molecule has 0 saturated carbocycles. The summed E-state index contributed by atoms with van der Waals surface area (Å²) in [6, 6.07) is 9.60. The van der Waals surface area contributed by atoms with Crippen LogP contribution in [0.2, 0.25) is 0 Å². The Balaban J connectivity index is 1.64. The maximum Gasteiger partial charge on any atom is 0.0323 e. The van der Waals surface area contributed by atoms with Crippen LogP contribution in [0.4, 0.5) is 0 Å². The molecule has 0 radical (unpaired) electrons. The number of fused-ring (bicyclic) bond motifs is 1. The SMILES string of the molecule is CC1CCC(NCC2CSCCS2)c2ccccc21. The molecule has 3 atom stereocenters. The van der Waals surface area contributed by atoms with Crippen LogP contribution in [0.1, 0.15) is 42.9 Å². The van der Waals surface area contributed by atoms with E-state index in [-0.39, 0.29) is 0 Å². The van der Waals surface area contributed by atoms with Crippen LogP contribution in [-0.4, -0.2) is 29.1 Å². The second-order valence-electron chi connectivity index (χ2n) is 5.64. The summed E-state index contributed by atoms with van der Waals surface area (Å²) < 4.78 is 0. The van der Waals surface area contributed by atoms with Crippen molar-refractivity contribution in [2.75, 3.05) is 23.8 Å². The quantitative estimate of drug-likeness (QED) is 0.902. The molecule has 2 aliphatic rings. The molecule has 0 bridgehead atoms. The van der Waals surface area contributed by atoms with E-state index in [1.54, 1.807) is 11.1 Å². The lowest BCUT2D eigenvalue weighted by atomic mass is 9.81. The van der Waals surface area contributed by atoms with E-state index in [1.165, 1.54) is 36.6 Å². The summed E-state index contributed by atoms with van der Waals surface area (Å²) in [6.45, 7) is 3.54. The Bertz CT molecular complexity index is 415. The van der Waals surface area contributed by atoms with Gasteiger partial charge in [0.05, 0.1) is 0 Å². The van der Waals surface area contributed by atoms with Gasteiger partial charge in [-0.3, -0.25) is 0 Å². The van der Waals surface area contributed by atoms with Crippen molar-refractivity contribution in [3.8, 4) is 0 Å². The molecular formula is C16H23NS2. The second kappa shape index (κ2) is 6.55. The number of nitrogens with one attached hydrogen (secondary N) is 1.